The molecule has 1 N–H and O–H groups in total. The van der Waals surface area contributed by atoms with Crippen molar-refractivity contribution in [1.29, 1.82) is 0 Å². The molecule has 7 nitrogen and oxygen atoms in total. The Morgan fingerprint density at radius 3 is 2.61 bits per heavy atom. The number of urea groups is 1. The van der Waals surface area contributed by atoms with Crippen LogP contribution in [0.5, 0.6) is 11.5 Å². The Morgan fingerprint density at radius 2 is 1.96 bits per heavy atom. The molecule has 1 heterocycles. The number of nitrogens with one attached hydrogen (secondary N) is 1. The quantitative estimate of drug-likeness (QED) is 0.825. The smallest absolute Gasteiger partial charge is 0.325 e. The molecule has 3 amide bonds. The van der Waals surface area contributed by atoms with Crippen molar-refractivity contribution in [3.05, 3.63) is 18.2 Å². The van der Waals surface area contributed by atoms with Crippen LogP contribution >= 0.6 is 0 Å². The van der Waals surface area contributed by atoms with Crippen LogP contribution < -0.4 is 19.7 Å². The van der Waals surface area contributed by atoms with Crippen molar-refractivity contribution >= 4 is 17.6 Å². The van der Waals surface area contributed by atoms with Crippen LogP contribution in [0.25, 0.3) is 0 Å². The number of ether oxygens (including phenoxy) is 2. The van der Waals surface area contributed by atoms with Crippen molar-refractivity contribution in [2.45, 2.75) is 13.3 Å². The summed E-state index contributed by atoms with van der Waals surface area (Å²) in [4.78, 5) is 27.4. The Balaban J connectivity index is 2.05. The molecule has 0 radical (unpaired) electrons. The van der Waals surface area contributed by atoms with Gasteiger partial charge >= 0.3 is 6.03 Å². The first-order valence-electron chi connectivity index (χ1n) is 7.65. The minimum Gasteiger partial charge on any atom is -0.493 e. The summed E-state index contributed by atoms with van der Waals surface area (Å²) in [5.41, 5.74) is 0.726. The van der Waals surface area contributed by atoms with E-state index in [1.807, 2.05) is 6.92 Å². The Labute approximate surface area is 136 Å². The first-order valence-corrected chi connectivity index (χ1v) is 7.65. The zero-order valence-electron chi connectivity index (χ0n) is 13.8. The van der Waals surface area contributed by atoms with Gasteiger partial charge in [-0.15, -0.1) is 0 Å². The highest BCUT2D eigenvalue weighted by molar-refractivity contribution is 5.96. The lowest BCUT2D eigenvalue weighted by Gasteiger charge is -2.19. The molecule has 0 aromatic heterocycles. The highest BCUT2D eigenvalue weighted by Crippen LogP contribution is 2.32. The monoisotopic (exact) mass is 321 g/mol. The van der Waals surface area contributed by atoms with Crippen molar-refractivity contribution in [2.24, 2.45) is 0 Å². The first kappa shape index (κ1) is 16.9. The zero-order chi connectivity index (χ0) is 16.8. The SMILES string of the molecule is CCCNC(=O)CN1CCN(c2ccc(OC)c(OC)c2)C1=O. The third-order valence-corrected chi connectivity index (χ3v) is 3.68. The van der Waals surface area contributed by atoms with Gasteiger partial charge in [0, 0.05) is 31.4 Å². The summed E-state index contributed by atoms with van der Waals surface area (Å²) in [6, 6.07) is 5.15. The fourth-order valence-electron chi connectivity index (χ4n) is 2.46. The van der Waals surface area contributed by atoms with E-state index < -0.39 is 0 Å². The fourth-order valence-corrected chi connectivity index (χ4v) is 2.46. The second-order valence-corrected chi connectivity index (χ2v) is 5.25. The van der Waals surface area contributed by atoms with Crippen molar-refractivity contribution in [3.63, 3.8) is 0 Å². The van der Waals surface area contributed by atoms with Gasteiger partial charge in [0.1, 0.15) is 6.54 Å². The molecule has 1 fully saturated rings. The molecule has 0 unspecified atom stereocenters. The Bertz CT molecular complexity index is 576. The van der Waals surface area contributed by atoms with Crippen LogP contribution in [0.4, 0.5) is 10.5 Å². The average molecular weight is 321 g/mol. The molecule has 126 valence electrons. The van der Waals surface area contributed by atoms with E-state index in [1.54, 1.807) is 42.2 Å². The van der Waals surface area contributed by atoms with Crippen molar-refractivity contribution in [2.75, 3.05) is 45.3 Å². The van der Waals surface area contributed by atoms with Crippen LogP contribution in [0, 0.1) is 0 Å². The zero-order valence-corrected chi connectivity index (χ0v) is 13.8. The van der Waals surface area contributed by atoms with Crippen LogP contribution in [-0.2, 0) is 4.79 Å². The van der Waals surface area contributed by atoms with E-state index in [9.17, 15) is 9.59 Å². The molecular formula is C16H23N3O4. The largest absolute Gasteiger partial charge is 0.493 e. The molecular weight excluding hydrogens is 298 g/mol. The molecule has 1 aliphatic heterocycles. The second kappa shape index (κ2) is 7.71. The average Bonchev–Trinajstić information content (AvgIpc) is 2.93. The van der Waals surface area contributed by atoms with E-state index >= 15 is 0 Å². The highest BCUT2D eigenvalue weighted by atomic mass is 16.5. The highest BCUT2D eigenvalue weighted by Gasteiger charge is 2.31. The molecule has 1 aromatic carbocycles. The third-order valence-electron chi connectivity index (χ3n) is 3.68. The number of anilines is 1. The van der Waals surface area contributed by atoms with Crippen molar-refractivity contribution in [3.8, 4) is 11.5 Å². The number of benzene rings is 1. The maximum atomic E-state index is 12.5. The minimum atomic E-state index is -0.177. The Hall–Kier alpha value is -2.44. The molecule has 1 saturated heterocycles. The molecule has 0 atom stereocenters. The van der Waals surface area contributed by atoms with Gasteiger partial charge < -0.3 is 19.7 Å². The van der Waals surface area contributed by atoms with Crippen LogP contribution in [-0.4, -0.2) is 57.2 Å². The summed E-state index contributed by atoms with van der Waals surface area (Å²) in [5.74, 6) is 1.05. The van der Waals surface area contributed by atoms with Gasteiger partial charge in [-0.2, -0.15) is 0 Å². The van der Waals surface area contributed by atoms with E-state index in [-0.39, 0.29) is 18.5 Å². The normalized spacial score (nSPS) is 14.1. The summed E-state index contributed by atoms with van der Waals surface area (Å²) < 4.78 is 10.5. The van der Waals surface area contributed by atoms with Crippen LogP contribution in [0.3, 0.4) is 0 Å². The van der Waals surface area contributed by atoms with Crippen LogP contribution in [0.1, 0.15) is 13.3 Å². The Morgan fingerprint density at radius 1 is 1.22 bits per heavy atom. The summed E-state index contributed by atoms with van der Waals surface area (Å²) >= 11 is 0. The fraction of sp³-hybridized carbons (Fsp3) is 0.500. The number of nitrogens with zero attached hydrogens (tertiary/aromatic N) is 2. The number of hydrogen-bond donors (Lipinski definition) is 1. The van der Waals surface area contributed by atoms with Crippen molar-refractivity contribution in [1.82, 2.24) is 10.2 Å². The summed E-state index contributed by atoms with van der Waals surface area (Å²) in [5, 5.41) is 2.78. The standard InChI is InChI=1S/C16H23N3O4/c1-4-7-17-15(20)11-18-8-9-19(16(18)21)12-5-6-13(22-2)14(10-12)23-3/h5-6,10H,4,7-9,11H2,1-3H3,(H,17,20). The molecule has 0 bridgehead atoms. The number of carbonyl (C=O) groups excluding carboxylic acids is 2. The molecule has 1 aromatic rings. The predicted molar refractivity (Wildman–Crippen MR) is 87.2 cm³/mol. The van der Waals surface area contributed by atoms with E-state index in [1.165, 1.54) is 0 Å². The summed E-state index contributed by atoms with van der Waals surface area (Å²) in [7, 11) is 3.12. The van der Waals surface area contributed by atoms with Gasteiger partial charge in [0.25, 0.3) is 0 Å². The van der Waals surface area contributed by atoms with Gasteiger partial charge in [-0.25, -0.2) is 4.79 Å². The lowest BCUT2D eigenvalue weighted by atomic mass is 10.2. The predicted octanol–water partition coefficient (Wildman–Crippen LogP) is 1.47. The van der Waals surface area contributed by atoms with E-state index in [0.29, 0.717) is 31.1 Å². The van der Waals surface area contributed by atoms with Gasteiger partial charge in [-0.3, -0.25) is 9.69 Å². The second-order valence-electron chi connectivity index (χ2n) is 5.25. The minimum absolute atomic E-state index is 0.0859. The molecule has 1 aliphatic rings. The van der Waals surface area contributed by atoms with Crippen LogP contribution in [0.2, 0.25) is 0 Å². The molecule has 7 heteroatoms. The van der Waals surface area contributed by atoms with Gasteiger partial charge in [0.2, 0.25) is 5.91 Å². The summed E-state index contributed by atoms with van der Waals surface area (Å²) in [6.07, 6.45) is 0.872. The van der Waals surface area contributed by atoms with Gasteiger partial charge in [0.05, 0.1) is 14.2 Å². The molecule has 0 spiro atoms. The van der Waals surface area contributed by atoms with E-state index in [4.69, 9.17) is 9.47 Å². The number of rotatable bonds is 7. The van der Waals surface area contributed by atoms with Gasteiger partial charge in [-0.1, -0.05) is 6.92 Å². The molecule has 23 heavy (non-hydrogen) atoms. The third kappa shape index (κ3) is 3.85. The summed E-state index contributed by atoms with van der Waals surface area (Å²) in [6.45, 7) is 3.76. The van der Waals surface area contributed by atoms with Gasteiger partial charge in [-0.05, 0) is 18.6 Å². The lowest BCUT2D eigenvalue weighted by Crippen LogP contribution is -2.40. The van der Waals surface area contributed by atoms with Gasteiger partial charge in [0.15, 0.2) is 11.5 Å². The Kier molecular flexibility index (Phi) is 5.67. The molecule has 0 aliphatic carbocycles. The number of methoxy groups -OCH3 is 2. The number of carbonyl (C=O) groups is 2. The maximum Gasteiger partial charge on any atom is 0.325 e. The lowest BCUT2D eigenvalue weighted by molar-refractivity contribution is -0.121. The van der Waals surface area contributed by atoms with E-state index in [0.717, 1.165) is 12.1 Å². The van der Waals surface area contributed by atoms with E-state index in [2.05, 4.69) is 5.32 Å². The van der Waals surface area contributed by atoms with Crippen molar-refractivity contribution < 1.29 is 19.1 Å². The topological polar surface area (TPSA) is 71.1 Å². The van der Waals surface area contributed by atoms with Crippen LogP contribution in [0.15, 0.2) is 18.2 Å². The number of amides is 3. The first-order chi connectivity index (χ1) is 11.1. The maximum absolute atomic E-state index is 12.5. The molecule has 0 saturated carbocycles. The number of hydrogen-bond acceptors (Lipinski definition) is 4. The molecule has 2 rings (SSSR count).